The van der Waals surface area contributed by atoms with Gasteiger partial charge in [0, 0.05) is 79.7 Å². The van der Waals surface area contributed by atoms with E-state index in [1.54, 1.807) is 0 Å². The summed E-state index contributed by atoms with van der Waals surface area (Å²) in [5.41, 5.74) is 25.4. The van der Waals surface area contributed by atoms with Crippen LogP contribution in [-0.2, 0) is 0 Å². The van der Waals surface area contributed by atoms with E-state index in [1.807, 2.05) is 6.08 Å². The van der Waals surface area contributed by atoms with Crippen molar-refractivity contribution in [3.05, 3.63) is 278 Å². The molecule has 0 saturated carbocycles. The molecule has 0 bridgehead atoms. The van der Waals surface area contributed by atoms with E-state index in [4.69, 9.17) is 0 Å². The molecule has 0 saturated heterocycles. The number of hydrogen-bond acceptors (Lipinski definition) is 3. The zero-order valence-electron chi connectivity index (χ0n) is 42.4. The van der Waals surface area contributed by atoms with Gasteiger partial charge in [0.15, 0.2) is 0 Å². The second kappa shape index (κ2) is 18.8. The molecular formula is C70H55N5. The maximum absolute atomic E-state index is 4.11. The average Bonchev–Trinajstić information content (AvgIpc) is 4.01. The second-order valence-corrected chi connectivity index (χ2v) is 19.2. The van der Waals surface area contributed by atoms with Crippen LogP contribution >= 0.6 is 0 Å². The van der Waals surface area contributed by atoms with Gasteiger partial charge in [-0.1, -0.05) is 164 Å². The minimum Gasteiger partial charge on any atom is -0.386 e. The highest BCUT2D eigenvalue weighted by molar-refractivity contribution is 6.14. The van der Waals surface area contributed by atoms with Crippen LogP contribution in [-0.4, -0.2) is 15.7 Å². The van der Waals surface area contributed by atoms with Gasteiger partial charge in [-0.15, -0.1) is 0 Å². The molecule has 0 aliphatic carbocycles. The fraction of sp³-hybridized carbons (Fsp3) is 0.0571. The summed E-state index contributed by atoms with van der Waals surface area (Å²) in [6.45, 7) is 11.1. The van der Waals surface area contributed by atoms with Gasteiger partial charge in [0.1, 0.15) is 0 Å². The van der Waals surface area contributed by atoms with Gasteiger partial charge in [0.25, 0.3) is 0 Å². The van der Waals surface area contributed by atoms with Gasteiger partial charge in [-0.2, -0.15) is 0 Å². The topological polar surface area (TPSA) is 28.4 Å². The molecule has 0 fully saturated rings. The first kappa shape index (κ1) is 45.3. The summed E-state index contributed by atoms with van der Waals surface area (Å²) in [6, 6.07) is 71.3. The highest BCUT2D eigenvalue weighted by atomic mass is 15.2. The van der Waals surface area contributed by atoms with Crippen molar-refractivity contribution in [1.29, 1.82) is 0 Å². The van der Waals surface area contributed by atoms with Crippen molar-refractivity contribution in [3.8, 4) is 56.1 Å². The Balaban J connectivity index is 0.944. The molecule has 2 aromatic heterocycles. The van der Waals surface area contributed by atoms with Crippen LogP contribution in [0.25, 0.3) is 89.1 Å². The van der Waals surface area contributed by atoms with Crippen LogP contribution in [0.2, 0.25) is 0 Å². The number of allylic oxidation sites excluding steroid dienone is 9. The van der Waals surface area contributed by atoms with Crippen molar-refractivity contribution < 1.29 is 0 Å². The minimum atomic E-state index is 0.706. The Morgan fingerprint density at radius 3 is 1.47 bits per heavy atom. The lowest BCUT2D eigenvalue weighted by molar-refractivity contribution is 0.989. The molecule has 360 valence electrons. The lowest BCUT2D eigenvalue weighted by atomic mass is 9.96. The molecule has 5 heteroatoms. The van der Waals surface area contributed by atoms with Crippen LogP contribution in [0.3, 0.4) is 0 Å². The molecule has 0 radical (unpaired) electrons. The van der Waals surface area contributed by atoms with Crippen LogP contribution in [0, 0.1) is 0 Å². The van der Waals surface area contributed by atoms with Gasteiger partial charge < -0.3 is 24.3 Å². The molecule has 13 rings (SSSR count). The Bertz CT molecular complexity index is 4140. The van der Waals surface area contributed by atoms with E-state index < -0.39 is 0 Å². The van der Waals surface area contributed by atoms with Crippen molar-refractivity contribution >= 4 is 55.7 Å². The lowest BCUT2D eigenvalue weighted by Crippen LogP contribution is -2.16. The Kier molecular flexibility index (Phi) is 11.3. The number of fused-ring (bicyclic) bond motifs is 14. The molecular weight excluding hydrogens is 911 g/mol. The molecule has 75 heavy (non-hydrogen) atoms. The van der Waals surface area contributed by atoms with Gasteiger partial charge in [0.05, 0.1) is 45.2 Å². The SMILES string of the molecule is C=C/C=C(\C=C/C)N1c2ccccc2-c2c(n(-c3cccc(C4=CNCC(c5cccc(-n6c7c(c8ccccc86)-c6ccccc6N(C(/C=C\C)=C/C)c6ccccc6-7)c5)=C4)c3)c3ccccc23)-c2ccccc21. The van der Waals surface area contributed by atoms with Crippen LogP contribution in [0.15, 0.2) is 267 Å². The molecule has 0 unspecified atom stereocenters. The molecule has 5 nitrogen and oxygen atoms in total. The van der Waals surface area contributed by atoms with E-state index in [0.29, 0.717) is 6.54 Å². The molecule has 1 N–H and O–H groups in total. The zero-order chi connectivity index (χ0) is 50.6. The largest absolute Gasteiger partial charge is 0.386 e. The third-order valence-corrected chi connectivity index (χ3v) is 14.9. The molecule has 0 amide bonds. The Hall–Kier alpha value is -9.58. The standard InChI is InChI=1S/C70H55N5/c1-5-23-51(8-4)72-61-36-15-9-30-55(61)67-57-32-11-17-38-63(57)74(69(67)59-34-13-19-40-65(59)72)53-28-21-26-47(43-53)49-42-50(46-71-45-49)48-27-22-29-54(44-48)75-64-39-18-12-33-58(64)68-56-31-10-16-37-62(56)73(52(24-6-2)25-7-3)66-41-20-14-35-60(66)70(68)75/h5-44,46,71H,2,45H2,1,3-4H3/b23-5-,25-7-,51-8+,52-24+. The summed E-state index contributed by atoms with van der Waals surface area (Å²) < 4.78 is 4.97. The summed E-state index contributed by atoms with van der Waals surface area (Å²) in [7, 11) is 0. The molecule has 3 aliphatic heterocycles. The number of hydrogen-bond donors (Lipinski definition) is 1. The van der Waals surface area contributed by atoms with Crippen LogP contribution in [0.5, 0.6) is 0 Å². The van der Waals surface area contributed by atoms with Gasteiger partial charge in [-0.25, -0.2) is 0 Å². The Morgan fingerprint density at radius 1 is 0.480 bits per heavy atom. The fourth-order valence-electron chi connectivity index (χ4n) is 11.9. The van der Waals surface area contributed by atoms with E-state index in [0.717, 1.165) is 73.4 Å². The first-order chi connectivity index (χ1) is 37.1. The lowest BCUT2D eigenvalue weighted by Gasteiger charge is -2.28. The summed E-state index contributed by atoms with van der Waals surface area (Å²) in [6.07, 6.45) is 19.3. The van der Waals surface area contributed by atoms with E-state index >= 15 is 0 Å². The monoisotopic (exact) mass is 965 g/mol. The van der Waals surface area contributed by atoms with Crippen molar-refractivity contribution in [3.63, 3.8) is 0 Å². The maximum atomic E-state index is 4.11. The highest BCUT2D eigenvalue weighted by Gasteiger charge is 2.33. The van der Waals surface area contributed by atoms with Crippen molar-refractivity contribution in [2.24, 2.45) is 0 Å². The van der Waals surface area contributed by atoms with E-state index in [9.17, 15) is 0 Å². The normalized spacial score (nSPS) is 14.1. The van der Waals surface area contributed by atoms with Crippen LogP contribution in [0.1, 0.15) is 31.9 Å². The molecule has 10 aromatic rings. The number of anilines is 4. The van der Waals surface area contributed by atoms with E-state index in [2.05, 4.69) is 294 Å². The summed E-state index contributed by atoms with van der Waals surface area (Å²) in [4.78, 5) is 4.81. The number of nitrogens with one attached hydrogen (secondary N) is 1. The first-order valence-corrected chi connectivity index (χ1v) is 25.9. The van der Waals surface area contributed by atoms with Gasteiger partial charge in [-0.05, 0) is 128 Å². The predicted molar refractivity (Wildman–Crippen MR) is 318 cm³/mol. The molecule has 0 atom stereocenters. The molecule has 8 aromatic carbocycles. The van der Waals surface area contributed by atoms with Crippen molar-refractivity contribution in [1.82, 2.24) is 14.5 Å². The summed E-state index contributed by atoms with van der Waals surface area (Å²) >= 11 is 0. The quantitative estimate of drug-likeness (QED) is 0.146. The Labute approximate surface area is 439 Å². The smallest absolute Gasteiger partial charge is 0.0641 e. The number of nitrogens with zero attached hydrogens (tertiary/aromatic N) is 4. The minimum absolute atomic E-state index is 0.706. The fourth-order valence-corrected chi connectivity index (χ4v) is 11.9. The predicted octanol–water partition coefficient (Wildman–Crippen LogP) is 18.3. The van der Waals surface area contributed by atoms with Gasteiger partial charge in [0.2, 0.25) is 0 Å². The highest BCUT2D eigenvalue weighted by Crippen LogP contribution is 2.55. The molecule has 0 spiro atoms. The van der Waals surface area contributed by atoms with Crippen LogP contribution < -0.4 is 15.1 Å². The first-order valence-electron chi connectivity index (χ1n) is 25.9. The van der Waals surface area contributed by atoms with Gasteiger partial charge >= 0.3 is 0 Å². The molecule has 3 aliphatic rings. The molecule has 5 heterocycles. The number of para-hydroxylation sites is 6. The van der Waals surface area contributed by atoms with E-state index in [-0.39, 0.29) is 0 Å². The number of dihydropyridines is 1. The summed E-state index contributed by atoms with van der Waals surface area (Å²) in [5, 5.41) is 6.12. The average molecular weight is 966 g/mol. The van der Waals surface area contributed by atoms with Gasteiger partial charge in [-0.3, -0.25) is 0 Å². The zero-order valence-corrected chi connectivity index (χ0v) is 42.4. The van der Waals surface area contributed by atoms with E-state index in [1.165, 1.54) is 60.9 Å². The third-order valence-electron chi connectivity index (χ3n) is 14.9. The number of benzene rings is 8. The number of aromatic nitrogens is 2. The number of rotatable bonds is 9. The van der Waals surface area contributed by atoms with Crippen LogP contribution in [0.4, 0.5) is 22.7 Å². The third kappa shape index (κ3) is 7.30. The Morgan fingerprint density at radius 2 is 0.933 bits per heavy atom. The maximum Gasteiger partial charge on any atom is 0.0641 e. The van der Waals surface area contributed by atoms with Crippen molar-refractivity contribution in [2.75, 3.05) is 16.3 Å². The summed E-state index contributed by atoms with van der Waals surface area (Å²) in [5.74, 6) is 0. The second-order valence-electron chi connectivity index (χ2n) is 19.2. The van der Waals surface area contributed by atoms with Crippen molar-refractivity contribution in [2.45, 2.75) is 20.8 Å².